The summed E-state index contributed by atoms with van der Waals surface area (Å²) < 4.78 is 24.2. The molecule has 0 unspecified atom stereocenters. The second kappa shape index (κ2) is 5.19. The number of nitrogens with zero attached hydrogens (tertiary/aromatic N) is 1. The smallest absolute Gasteiger partial charge is 0.258 e. The molecular formula is C13H11NO4S. The zero-order valence-corrected chi connectivity index (χ0v) is 10.7. The van der Waals surface area contributed by atoms with Gasteiger partial charge in [0.1, 0.15) is 0 Å². The van der Waals surface area contributed by atoms with Crippen LogP contribution in [0.25, 0.3) is 0 Å². The lowest BCUT2D eigenvalue weighted by Crippen LogP contribution is -2.04. The normalized spacial score (nSPS) is 11.2. The topological polar surface area (TPSA) is 77.3 Å². The average molecular weight is 277 g/mol. The molecule has 0 aliphatic heterocycles. The van der Waals surface area contributed by atoms with Gasteiger partial charge in [0.15, 0.2) is 9.84 Å². The van der Waals surface area contributed by atoms with Gasteiger partial charge in [0.2, 0.25) is 0 Å². The van der Waals surface area contributed by atoms with E-state index in [1.165, 1.54) is 24.3 Å². The molecule has 0 saturated carbocycles. The molecule has 0 aliphatic rings. The molecular weight excluding hydrogens is 266 g/mol. The van der Waals surface area contributed by atoms with Gasteiger partial charge in [0, 0.05) is 12.1 Å². The van der Waals surface area contributed by atoms with Gasteiger partial charge in [0.25, 0.3) is 5.69 Å². The fourth-order valence-corrected chi connectivity index (χ4v) is 3.00. The molecule has 0 bridgehead atoms. The quantitative estimate of drug-likeness (QED) is 0.635. The number of nitro groups is 1. The molecule has 0 spiro atoms. The summed E-state index contributed by atoms with van der Waals surface area (Å²) >= 11 is 0. The van der Waals surface area contributed by atoms with Crippen molar-refractivity contribution in [2.45, 2.75) is 10.6 Å². The molecule has 0 aromatic heterocycles. The summed E-state index contributed by atoms with van der Waals surface area (Å²) in [5.41, 5.74) is 0.555. The lowest BCUT2D eigenvalue weighted by atomic mass is 10.2. The van der Waals surface area contributed by atoms with Gasteiger partial charge in [-0.1, -0.05) is 30.3 Å². The number of nitro benzene ring substituents is 1. The molecule has 0 amide bonds. The molecule has 6 heteroatoms. The van der Waals surface area contributed by atoms with Crippen molar-refractivity contribution in [3.05, 3.63) is 70.3 Å². The molecule has 0 heterocycles. The van der Waals surface area contributed by atoms with Gasteiger partial charge >= 0.3 is 0 Å². The molecule has 0 N–H and O–H groups in total. The first-order valence-electron chi connectivity index (χ1n) is 5.50. The van der Waals surface area contributed by atoms with Crippen molar-refractivity contribution < 1.29 is 13.3 Å². The molecule has 2 aromatic carbocycles. The van der Waals surface area contributed by atoms with Crippen LogP contribution in [-0.2, 0) is 15.6 Å². The maximum Gasteiger partial charge on any atom is 0.269 e. The van der Waals surface area contributed by atoms with E-state index in [4.69, 9.17) is 0 Å². The van der Waals surface area contributed by atoms with E-state index < -0.39 is 14.8 Å². The maximum absolute atomic E-state index is 12.1. The van der Waals surface area contributed by atoms with Crippen molar-refractivity contribution in [1.82, 2.24) is 0 Å². The third-order valence-electron chi connectivity index (χ3n) is 2.61. The minimum Gasteiger partial charge on any atom is -0.258 e. The first-order valence-corrected chi connectivity index (χ1v) is 7.15. The van der Waals surface area contributed by atoms with Crippen LogP contribution < -0.4 is 0 Å². The predicted molar refractivity (Wildman–Crippen MR) is 70.4 cm³/mol. The van der Waals surface area contributed by atoms with Crippen LogP contribution in [-0.4, -0.2) is 13.3 Å². The zero-order valence-electron chi connectivity index (χ0n) is 9.89. The molecule has 0 radical (unpaired) electrons. The van der Waals surface area contributed by atoms with Crippen molar-refractivity contribution in [2.75, 3.05) is 0 Å². The molecule has 0 aliphatic carbocycles. The standard InChI is InChI=1S/C13H11NO4S/c15-14(16)12-6-8-13(9-7-12)19(17,18)10-11-4-2-1-3-5-11/h1-9H,10H2. The van der Waals surface area contributed by atoms with E-state index in [2.05, 4.69) is 0 Å². The van der Waals surface area contributed by atoms with E-state index in [-0.39, 0.29) is 16.3 Å². The summed E-state index contributed by atoms with van der Waals surface area (Å²) in [5.74, 6) is -0.119. The van der Waals surface area contributed by atoms with Crippen LogP contribution in [0.15, 0.2) is 59.5 Å². The van der Waals surface area contributed by atoms with Crippen molar-refractivity contribution in [3.63, 3.8) is 0 Å². The number of sulfone groups is 1. The van der Waals surface area contributed by atoms with Gasteiger partial charge in [0.05, 0.1) is 15.6 Å². The Bertz CT molecular complexity index is 678. The Labute approximate surface area is 110 Å². The SMILES string of the molecule is O=[N+]([O-])c1ccc(S(=O)(=O)Cc2ccccc2)cc1. The van der Waals surface area contributed by atoms with E-state index in [1.54, 1.807) is 24.3 Å². The van der Waals surface area contributed by atoms with Gasteiger partial charge in [-0.05, 0) is 17.7 Å². The van der Waals surface area contributed by atoms with Gasteiger partial charge in [-0.15, -0.1) is 0 Å². The average Bonchev–Trinajstić information content (AvgIpc) is 2.39. The second-order valence-electron chi connectivity index (χ2n) is 4.00. The lowest BCUT2D eigenvalue weighted by molar-refractivity contribution is -0.384. The first-order chi connectivity index (χ1) is 8.99. The number of hydrogen-bond acceptors (Lipinski definition) is 4. The number of hydrogen-bond donors (Lipinski definition) is 0. The maximum atomic E-state index is 12.1. The van der Waals surface area contributed by atoms with Crippen LogP contribution in [0.4, 0.5) is 5.69 Å². The molecule has 2 aromatic rings. The predicted octanol–water partition coefficient (Wildman–Crippen LogP) is 2.57. The Kier molecular flexibility index (Phi) is 3.62. The zero-order chi connectivity index (χ0) is 13.9. The number of benzene rings is 2. The molecule has 0 atom stereocenters. The highest BCUT2D eigenvalue weighted by Gasteiger charge is 2.16. The van der Waals surface area contributed by atoms with Gasteiger partial charge in [-0.2, -0.15) is 0 Å². The van der Waals surface area contributed by atoms with Crippen LogP contribution >= 0.6 is 0 Å². The Morgan fingerprint density at radius 3 is 2.05 bits per heavy atom. The Morgan fingerprint density at radius 2 is 1.53 bits per heavy atom. The van der Waals surface area contributed by atoms with E-state index in [0.29, 0.717) is 5.56 Å². The van der Waals surface area contributed by atoms with Crippen LogP contribution in [0.1, 0.15) is 5.56 Å². The van der Waals surface area contributed by atoms with Gasteiger partial charge in [-0.3, -0.25) is 10.1 Å². The largest absolute Gasteiger partial charge is 0.269 e. The van der Waals surface area contributed by atoms with Crippen LogP contribution in [0.2, 0.25) is 0 Å². The van der Waals surface area contributed by atoms with Crippen molar-refractivity contribution in [3.8, 4) is 0 Å². The Balaban J connectivity index is 2.27. The molecule has 98 valence electrons. The second-order valence-corrected chi connectivity index (χ2v) is 5.99. The van der Waals surface area contributed by atoms with Crippen molar-refractivity contribution in [2.24, 2.45) is 0 Å². The third kappa shape index (κ3) is 3.17. The van der Waals surface area contributed by atoms with Gasteiger partial charge in [-0.25, -0.2) is 8.42 Å². The van der Waals surface area contributed by atoms with Crippen LogP contribution in [0.3, 0.4) is 0 Å². The molecule has 5 nitrogen and oxygen atoms in total. The van der Waals surface area contributed by atoms with Crippen LogP contribution in [0, 0.1) is 10.1 Å². The third-order valence-corrected chi connectivity index (χ3v) is 4.31. The van der Waals surface area contributed by atoms with Crippen molar-refractivity contribution in [1.29, 1.82) is 0 Å². The van der Waals surface area contributed by atoms with E-state index in [9.17, 15) is 18.5 Å². The Hall–Kier alpha value is -2.21. The summed E-state index contributed by atoms with van der Waals surface area (Å²) in [6.07, 6.45) is 0. The monoisotopic (exact) mass is 277 g/mol. The van der Waals surface area contributed by atoms with Gasteiger partial charge < -0.3 is 0 Å². The van der Waals surface area contributed by atoms with E-state index in [1.807, 2.05) is 6.07 Å². The highest BCUT2D eigenvalue weighted by atomic mass is 32.2. The molecule has 0 saturated heterocycles. The van der Waals surface area contributed by atoms with E-state index in [0.717, 1.165) is 0 Å². The summed E-state index contributed by atoms with van der Waals surface area (Å²) in [6.45, 7) is 0. The molecule has 2 rings (SSSR count). The minimum absolute atomic E-state index is 0.0851. The fraction of sp³-hybridized carbons (Fsp3) is 0.0769. The molecule has 0 fully saturated rings. The van der Waals surface area contributed by atoms with Crippen molar-refractivity contribution >= 4 is 15.5 Å². The highest BCUT2D eigenvalue weighted by Crippen LogP contribution is 2.19. The number of rotatable bonds is 4. The summed E-state index contributed by atoms with van der Waals surface area (Å²) in [6, 6.07) is 13.7. The summed E-state index contributed by atoms with van der Waals surface area (Å²) in [4.78, 5) is 10.0. The van der Waals surface area contributed by atoms with Crippen LogP contribution in [0.5, 0.6) is 0 Å². The highest BCUT2D eigenvalue weighted by molar-refractivity contribution is 7.90. The minimum atomic E-state index is -3.48. The fourth-order valence-electron chi connectivity index (χ4n) is 1.65. The molecule has 19 heavy (non-hydrogen) atoms. The summed E-state index contributed by atoms with van der Waals surface area (Å²) in [7, 11) is -3.48. The van der Waals surface area contributed by atoms with E-state index >= 15 is 0 Å². The lowest BCUT2D eigenvalue weighted by Gasteiger charge is -2.04. The first kappa shape index (κ1) is 13.2. The number of non-ortho nitro benzene ring substituents is 1. The Morgan fingerprint density at radius 1 is 0.947 bits per heavy atom. The summed E-state index contributed by atoms with van der Waals surface area (Å²) in [5, 5.41) is 10.5.